The van der Waals surface area contributed by atoms with Crippen LogP contribution in [0.1, 0.15) is 42.6 Å². The van der Waals surface area contributed by atoms with Crippen LogP contribution < -0.4 is 5.14 Å². The van der Waals surface area contributed by atoms with Crippen molar-refractivity contribution >= 4 is 15.9 Å². The van der Waals surface area contributed by atoms with Crippen molar-refractivity contribution in [2.75, 3.05) is 6.54 Å². The Labute approximate surface area is 126 Å². The van der Waals surface area contributed by atoms with Gasteiger partial charge >= 0.3 is 0 Å². The van der Waals surface area contributed by atoms with Crippen molar-refractivity contribution < 1.29 is 13.2 Å². The molecule has 0 spiro atoms. The lowest BCUT2D eigenvalue weighted by Crippen LogP contribution is -2.39. The minimum Gasteiger partial charge on any atom is -0.335 e. The summed E-state index contributed by atoms with van der Waals surface area (Å²) in [6, 6.07) is 4.84. The lowest BCUT2D eigenvalue weighted by Gasteiger charge is -2.28. The molecule has 1 aliphatic heterocycles. The summed E-state index contributed by atoms with van der Waals surface area (Å²) in [5, 5.41) is 5.24. The normalized spacial score (nSPS) is 19.3. The quantitative estimate of drug-likeness (QED) is 0.926. The molecule has 5 nitrogen and oxygen atoms in total. The number of likely N-dealkylation sites (tertiary alicyclic amines) is 1. The van der Waals surface area contributed by atoms with E-state index in [2.05, 4.69) is 13.8 Å². The fourth-order valence-electron chi connectivity index (χ4n) is 2.95. The minimum atomic E-state index is -3.91. The number of hydrogen-bond acceptors (Lipinski definition) is 3. The molecule has 1 unspecified atom stereocenters. The molecular weight excluding hydrogens is 288 g/mol. The molecule has 1 aliphatic rings. The zero-order chi connectivity index (χ0) is 15.8. The molecule has 1 fully saturated rings. The second-order valence-corrected chi connectivity index (χ2v) is 7.53. The van der Waals surface area contributed by atoms with E-state index in [9.17, 15) is 13.2 Å². The molecule has 2 rings (SSSR count). The molecule has 1 aromatic rings. The van der Waals surface area contributed by atoms with Gasteiger partial charge in [0.15, 0.2) is 0 Å². The van der Waals surface area contributed by atoms with Crippen LogP contribution in [0.15, 0.2) is 23.1 Å². The van der Waals surface area contributed by atoms with E-state index in [0.717, 1.165) is 18.4 Å². The Kier molecular flexibility index (Phi) is 4.39. The standard InChI is InChI=1S/C15H22N2O3S/c1-10(2)13-5-4-8-17(13)15(18)12-9-11(3)6-7-14(12)21(16,19)20/h6-7,9-10,13H,4-5,8H2,1-3H3,(H2,16,19,20). The van der Waals surface area contributed by atoms with Crippen LogP contribution in [0.3, 0.4) is 0 Å². The van der Waals surface area contributed by atoms with Gasteiger partial charge in [0.2, 0.25) is 10.0 Å². The van der Waals surface area contributed by atoms with E-state index >= 15 is 0 Å². The van der Waals surface area contributed by atoms with E-state index in [1.54, 1.807) is 17.0 Å². The summed E-state index contributed by atoms with van der Waals surface area (Å²) in [7, 11) is -3.91. The second-order valence-electron chi connectivity index (χ2n) is 6.00. The van der Waals surface area contributed by atoms with Gasteiger partial charge in [-0.3, -0.25) is 4.79 Å². The van der Waals surface area contributed by atoms with Crippen LogP contribution in [0.4, 0.5) is 0 Å². The fraction of sp³-hybridized carbons (Fsp3) is 0.533. The highest BCUT2D eigenvalue weighted by atomic mass is 32.2. The third-order valence-corrected chi connectivity index (χ3v) is 4.97. The molecule has 1 atom stereocenters. The van der Waals surface area contributed by atoms with Gasteiger partial charge in [-0.1, -0.05) is 25.5 Å². The summed E-state index contributed by atoms with van der Waals surface area (Å²) < 4.78 is 23.4. The first-order valence-electron chi connectivity index (χ1n) is 7.16. The van der Waals surface area contributed by atoms with Crippen molar-refractivity contribution in [2.45, 2.75) is 44.6 Å². The Morgan fingerprint density at radius 3 is 2.62 bits per heavy atom. The van der Waals surface area contributed by atoms with Crippen molar-refractivity contribution in [3.05, 3.63) is 29.3 Å². The monoisotopic (exact) mass is 310 g/mol. The molecule has 0 aromatic heterocycles. The number of rotatable bonds is 3. The number of amides is 1. The summed E-state index contributed by atoms with van der Waals surface area (Å²) >= 11 is 0. The van der Waals surface area contributed by atoms with Gasteiger partial charge in [-0.25, -0.2) is 13.6 Å². The van der Waals surface area contributed by atoms with Crippen LogP contribution in [0.5, 0.6) is 0 Å². The van der Waals surface area contributed by atoms with E-state index in [1.807, 2.05) is 6.92 Å². The summed E-state index contributed by atoms with van der Waals surface area (Å²) in [4.78, 5) is 14.5. The maximum absolute atomic E-state index is 12.8. The summed E-state index contributed by atoms with van der Waals surface area (Å²) in [5.74, 6) is 0.109. The summed E-state index contributed by atoms with van der Waals surface area (Å²) in [6.07, 6.45) is 1.91. The summed E-state index contributed by atoms with van der Waals surface area (Å²) in [5.41, 5.74) is 1.02. The van der Waals surface area contributed by atoms with E-state index in [1.165, 1.54) is 6.07 Å². The number of nitrogens with zero attached hydrogens (tertiary/aromatic N) is 1. The highest BCUT2D eigenvalue weighted by Crippen LogP contribution is 2.27. The highest BCUT2D eigenvalue weighted by Gasteiger charge is 2.33. The number of sulfonamides is 1. The second kappa shape index (κ2) is 5.77. The van der Waals surface area contributed by atoms with E-state index in [0.29, 0.717) is 12.5 Å². The number of carbonyl (C=O) groups excluding carboxylic acids is 1. The molecule has 0 aliphatic carbocycles. The third kappa shape index (κ3) is 3.27. The largest absolute Gasteiger partial charge is 0.335 e. The van der Waals surface area contributed by atoms with Gasteiger partial charge in [-0.05, 0) is 37.8 Å². The molecule has 6 heteroatoms. The average molecular weight is 310 g/mol. The molecule has 1 aromatic carbocycles. The highest BCUT2D eigenvalue weighted by molar-refractivity contribution is 7.89. The predicted octanol–water partition coefficient (Wildman–Crippen LogP) is 1.90. The minimum absolute atomic E-state index is 0.0903. The SMILES string of the molecule is Cc1ccc(S(N)(=O)=O)c(C(=O)N2CCCC2C(C)C)c1. The van der Waals surface area contributed by atoms with Gasteiger partial charge in [0.1, 0.15) is 0 Å². The Morgan fingerprint density at radius 1 is 1.38 bits per heavy atom. The number of primary sulfonamides is 1. The van der Waals surface area contributed by atoms with Gasteiger partial charge in [0.05, 0.1) is 10.5 Å². The summed E-state index contributed by atoms with van der Waals surface area (Å²) in [6.45, 7) is 6.65. The third-order valence-electron chi connectivity index (χ3n) is 4.00. The zero-order valence-electron chi connectivity index (χ0n) is 12.7. The lowest BCUT2D eigenvalue weighted by atomic mass is 10.0. The van der Waals surface area contributed by atoms with Gasteiger partial charge in [-0.2, -0.15) is 0 Å². The topological polar surface area (TPSA) is 80.5 Å². The van der Waals surface area contributed by atoms with Gasteiger partial charge < -0.3 is 4.90 Å². The van der Waals surface area contributed by atoms with Crippen molar-refractivity contribution in [2.24, 2.45) is 11.1 Å². The number of benzene rings is 1. The van der Waals surface area contributed by atoms with Crippen LogP contribution in [0, 0.1) is 12.8 Å². The Bertz CT molecular complexity index is 653. The van der Waals surface area contributed by atoms with E-state index in [-0.39, 0.29) is 22.4 Å². The van der Waals surface area contributed by atoms with Crippen LogP contribution in [-0.4, -0.2) is 31.8 Å². The van der Waals surface area contributed by atoms with Crippen molar-refractivity contribution in [1.82, 2.24) is 4.90 Å². The molecule has 1 heterocycles. The Hall–Kier alpha value is -1.40. The first-order valence-corrected chi connectivity index (χ1v) is 8.71. The molecule has 1 saturated heterocycles. The van der Waals surface area contributed by atoms with Gasteiger partial charge in [0, 0.05) is 12.6 Å². The molecule has 21 heavy (non-hydrogen) atoms. The lowest BCUT2D eigenvalue weighted by molar-refractivity contribution is 0.0697. The Morgan fingerprint density at radius 2 is 2.05 bits per heavy atom. The maximum Gasteiger partial charge on any atom is 0.255 e. The molecule has 1 amide bonds. The van der Waals surface area contributed by atoms with Crippen LogP contribution in [0.2, 0.25) is 0 Å². The maximum atomic E-state index is 12.8. The molecule has 0 radical (unpaired) electrons. The smallest absolute Gasteiger partial charge is 0.255 e. The van der Waals surface area contributed by atoms with Crippen LogP contribution in [0.25, 0.3) is 0 Å². The first kappa shape index (κ1) is 16.0. The number of carbonyl (C=O) groups is 1. The zero-order valence-corrected chi connectivity index (χ0v) is 13.5. The Balaban J connectivity index is 2.46. The van der Waals surface area contributed by atoms with E-state index in [4.69, 9.17) is 5.14 Å². The molecular formula is C15H22N2O3S. The molecule has 116 valence electrons. The van der Waals surface area contributed by atoms with E-state index < -0.39 is 10.0 Å². The molecule has 2 N–H and O–H groups in total. The molecule has 0 saturated carbocycles. The number of hydrogen-bond donors (Lipinski definition) is 1. The first-order chi connectivity index (χ1) is 9.71. The van der Waals surface area contributed by atoms with Crippen molar-refractivity contribution in [3.8, 4) is 0 Å². The number of nitrogens with two attached hydrogens (primary N) is 1. The van der Waals surface area contributed by atoms with Crippen molar-refractivity contribution in [1.29, 1.82) is 0 Å². The van der Waals surface area contributed by atoms with Crippen LogP contribution >= 0.6 is 0 Å². The average Bonchev–Trinajstić information content (AvgIpc) is 2.85. The van der Waals surface area contributed by atoms with Gasteiger partial charge in [0.25, 0.3) is 5.91 Å². The number of aryl methyl sites for hydroxylation is 1. The molecule has 0 bridgehead atoms. The van der Waals surface area contributed by atoms with Crippen LogP contribution in [-0.2, 0) is 10.0 Å². The fourth-order valence-corrected chi connectivity index (χ4v) is 3.66. The predicted molar refractivity (Wildman–Crippen MR) is 81.4 cm³/mol. The van der Waals surface area contributed by atoms with Crippen molar-refractivity contribution in [3.63, 3.8) is 0 Å². The van der Waals surface area contributed by atoms with Gasteiger partial charge in [-0.15, -0.1) is 0 Å².